The maximum absolute atomic E-state index is 12.3. The van der Waals surface area contributed by atoms with Crippen LogP contribution in [0.3, 0.4) is 0 Å². The van der Waals surface area contributed by atoms with E-state index in [0.717, 1.165) is 31.5 Å². The van der Waals surface area contributed by atoms with Crippen LogP contribution < -0.4 is 10.1 Å². The maximum atomic E-state index is 12.3. The third-order valence-electron chi connectivity index (χ3n) is 5.24. The Bertz CT molecular complexity index is 807. The Kier molecular flexibility index (Phi) is 7.68. The largest absolute Gasteiger partial charge is 0.483 e. The minimum atomic E-state index is -0.209. The van der Waals surface area contributed by atoms with Crippen molar-refractivity contribution in [3.05, 3.63) is 65.7 Å². The fraction of sp³-hybridized carbons (Fsp3) is 0.417. The minimum Gasteiger partial charge on any atom is -0.483 e. The van der Waals surface area contributed by atoms with Crippen molar-refractivity contribution < 1.29 is 14.3 Å². The molecule has 1 fully saturated rings. The van der Waals surface area contributed by atoms with E-state index >= 15 is 0 Å². The molecule has 1 heterocycles. The molecule has 0 aliphatic carbocycles. The zero-order chi connectivity index (χ0) is 20.5. The number of amides is 2. The molecule has 0 radical (unpaired) electrons. The molecule has 29 heavy (non-hydrogen) atoms. The molecule has 5 heteroatoms. The molecule has 3 rings (SSSR count). The van der Waals surface area contributed by atoms with E-state index in [-0.39, 0.29) is 18.4 Å². The Morgan fingerprint density at radius 1 is 1.10 bits per heavy atom. The van der Waals surface area contributed by atoms with Crippen LogP contribution in [0.2, 0.25) is 0 Å². The smallest absolute Gasteiger partial charge is 0.257 e. The third kappa shape index (κ3) is 6.63. The molecule has 2 aromatic rings. The van der Waals surface area contributed by atoms with E-state index in [2.05, 4.69) is 24.4 Å². The monoisotopic (exact) mass is 394 g/mol. The highest BCUT2D eigenvalue weighted by Crippen LogP contribution is 2.21. The van der Waals surface area contributed by atoms with Gasteiger partial charge in [-0.05, 0) is 36.0 Å². The van der Waals surface area contributed by atoms with Gasteiger partial charge in [-0.3, -0.25) is 9.59 Å². The molecule has 0 spiro atoms. The predicted molar refractivity (Wildman–Crippen MR) is 114 cm³/mol. The number of benzene rings is 2. The molecule has 1 atom stereocenters. The summed E-state index contributed by atoms with van der Waals surface area (Å²) in [6.45, 7) is 4.12. The van der Waals surface area contributed by atoms with Crippen LogP contribution in [0.4, 0.5) is 0 Å². The highest BCUT2D eigenvalue weighted by molar-refractivity contribution is 5.80. The molecule has 1 unspecified atom stereocenters. The molecule has 1 aliphatic heterocycles. The summed E-state index contributed by atoms with van der Waals surface area (Å²) in [4.78, 5) is 26.3. The van der Waals surface area contributed by atoms with Gasteiger partial charge in [-0.1, -0.05) is 55.5 Å². The summed E-state index contributed by atoms with van der Waals surface area (Å²) >= 11 is 0. The van der Waals surface area contributed by atoms with E-state index in [1.165, 1.54) is 12.0 Å². The molecule has 0 bridgehead atoms. The molecule has 0 saturated carbocycles. The van der Waals surface area contributed by atoms with Crippen LogP contribution in [0.5, 0.6) is 5.75 Å². The third-order valence-corrected chi connectivity index (χ3v) is 5.24. The lowest BCUT2D eigenvalue weighted by Gasteiger charge is -2.31. The lowest BCUT2D eigenvalue weighted by molar-refractivity contribution is -0.132. The van der Waals surface area contributed by atoms with Gasteiger partial charge < -0.3 is 15.0 Å². The van der Waals surface area contributed by atoms with Crippen molar-refractivity contribution in [3.63, 3.8) is 0 Å². The summed E-state index contributed by atoms with van der Waals surface area (Å²) in [5, 5.41) is 2.79. The van der Waals surface area contributed by atoms with Crippen molar-refractivity contribution in [1.82, 2.24) is 10.2 Å². The first-order valence-electron chi connectivity index (χ1n) is 10.4. The molecule has 0 aromatic heterocycles. The van der Waals surface area contributed by atoms with E-state index in [0.29, 0.717) is 24.6 Å². The second-order valence-electron chi connectivity index (χ2n) is 7.75. The SMILES string of the molecule is CC1CCCN(C(=O)CCNC(=O)COc2ccccc2Cc2ccccc2)C1. The van der Waals surface area contributed by atoms with Crippen LogP contribution in [0.25, 0.3) is 0 Å². The Morgan fingerprint density at radius 2 is 1.86 bits per heavy atom. The number of ether oxygens (including phenoxy) is 1. The normalized spacial score (nSPS) is 16.3. The summed E-state index contributed by atoms with van der Waals surface area (Å²) < 4.78 is 5.75. The molecule has 5 nitrogen and oxygen atoms in total. The first-order chi connectivity index (χ1) is 14.1. The molecule has 154 valence electrons. The van der Waals surface area contributed by atoms with Crippen molar-refractivity contribution >= 4 is 11.8 Å². The zero-order valence-corrected chi connectivity index (χ0v) is 17.1. The highest BCUT2D eigenvalue weighted by atomic mass is 16.5. The van der Waals surface area contributed by atoms with Crippen molar-refractivity contribution in [3.8, 4) is 5.75 Å². The number of rotatable bonds is 8. The molecule has 2 amide bonds. The lowest BCUT2D eigenvalue weighted by Crippen LogP contribution is -2.41. The van der Waals surface area contributed by atoms with Crippen molar-refractivity contribution in [2.24, 2.45) is 5.92 Å². The number of nitrogens with zero attached hydrogens (tertiary/aromatic N) is 1. The number of nitrogens with one attached hydrogen (secondary N) is 1. The van der Waals surface area contributed by atoms with E-state index in [4.69, 9.17) is 4.74 Å². The van der Waals surface area contributed by atoms with E-state index in [1.54, 1.807) is 0 Å². The average Bonchev–Trinajstić information content (AvgIpc) is 2.74. The van der Waals surface area contributed by atoms with Gasteiger partial charge >= 0.3 is 0 Å². The van der Waals surface area contributed by atoms with Crippen LogP contribution in [0.1, 0.15) is 37.3 Å². The quantitative estimate of drug-likeness (QED) is 0.746. The Labute approximate surface area is 173 Å². The van der Waals surface area contributed by atoms with Gasteiger partial charge in [0.25, 0.3) is 5.91 Å². The zero-order valence-electron chi connectivity index (χ0n) is 17.1. The molecule has 2 aromatic carbocycles. The lowest BCUT2D eigenvalue weighted by atomic mass is 10.00. The van der Waals surface area contributed by atoms with E-state index < -0.39 is 0 Å². The van der Waals surface area contributed by atoms with Crippen LogP contribution in [0, 0.1) is 5.92 Å². The number of likely N-dealkylation sites (tertiary alicyclic amines) is 1. The van der Waals surface area contributed by atoms with Gasteiger partial charge in [-0.15, -0.1) is 0 Å². The van der Waals surface area contributed by atoms with Crippen molar-refractivity contribution in [1.29, 1.82) is 0 Å². The highest BCUT2D eigenvalue weighted by Gasteiger charge is 2.20. The summed E-state index contributed by atoms with van der Waals surface area (Å²) in [6.07, 6.45) is 3.34. The fourth-order valence-electron chi connectivity index (χ4n) is 3.68. The number of piperidine rings is 1. The number of hydrogen-bond acceptors (Lipinski definition) is 3. The standard InChI is InChI=1S/C24H30N2O3/c1-19-8-7-15-26(17-19)24(28)13-14-25-23(27)18-29-22-12-6-5-11-21(22)16-20-9-3-2-4-10-20/h2-6,9-12,19H,7-8,13-18H2,1H3,(H,25,27). The Morgan fingerprint density at radius 3 is 2.66 bits per heavy atom. The summed E-state index contributed by atoms with van der Waals surface area (Å²) in [5.41, 5.74) is 2.24. The van der Waals surface area contributed by atoms with Gasteiger partial charge in [0.15, 0.2) is 6.61 Å². The molecular weight excluding hydrogens is 364 g/mol. The van der Waals surface area contributed by atoms with Gasteiger partial charge in [-0.2, -0.15) is 0 Å². The molecular formula is C24H30N2O3. The van der Waals surface area contributed by atoms with Crippen LogP contribution in [-0.4, -0.2) is 43.0 Å². The second-order valence-corrected chi connectivity index (χ2v) is 7.75. The first-order valence-corrected chi connectivity index (χ1v) is 10.4. The number of carbonyl (C=O) groups is 2. The topological polar surface area (TPSA) is 58.6 Å². The molecule has 1 aliphatic rings. The summed E-state index contributed by atoms with van der Waals surface area (Å²) in [6, 6.07) is 17.9. The average molecular weight is 395 g/mol. The van der Waals surface area contributed by atoms with Crippen LogP contribution in [-0.2, 0) is 16.0 Å². The Hall–Kier alpha value is -2.82. The van der Waals surface area contributed by atoms with Gasteiger partial charge in [0.1, 0.15) is 5.75 Å². The van der Waals surface area contributed by atoms with Crippen LogP contribution in [0.15, 0.2) is 54.6 Å². The maximum Gasteiger partial charge on any atom is 0.257 e. The summed E-state index contributed by atoms with van der Waals surface area (Å²) in [7, 11) is 0. The van der Waals surface area contributed by atoms with Crippen molar-refractivity contribution in [2.75, 3.05) is 26.2 Å². The first kappa shape index (κ1) is 20.9. The van der Waals surface area contributed by atoms with Crippen LogP contribution >= 0.6 is 0 Å². The van der Waals surface area contributed by atoms with Gasteiger partial charge in [0.05, 0.1) is 0 Å². The number of hydrogen-bond donors (Lipinski definition) is 1. The Balaban J connectivity index is 1.42. The van der Waals surface area contributed by atoms with Gasteiger partial charge in [0, 0.05) is 32.5 Å². The second kappa shape index (κ2) is 10.6. The van der Waals surface area contributed by atoms with Gasteiger partial charge in [0.2, 0.25) is 5.91 Å². The van der Waals surface area contributed by atoms with E-state index in [9.17, 15) is 9.59 Å². The molecule has 1 N–H and O–H groups in total. The van der Waals surface area contributed by atoms with Gasteiger partial charge in [-0.25, -0.2) is 0 Å². The number of para-hydroxylation sites is 1. The minimum absolute atomic E-state index is 0.0548. The fourth-order valence-corrected chi connectivity index (χ4v) is 3.68. The van der Waals surface area contributed by atoms with Crippen molar-refractivity contribution in [2.45, 2.75) is 32.6 Å². The summed E-state index contributed by atoms with van der Waals surface area (Å²) in [5.74, 6) is 1.18. The predicted octanol–water partition coefficient (Wildman–Crippen LogP) is 3.42. The number of carbonyl (C=O) groups excluding carboxylic acids is 2. The van der Waals surface area contributed by atoms with E-state index in [1.807, 2.05) is 47.4 Å². The molecule has 1 saturated heterocycles.